The first-order chi connectivity index (χ1) is 9.38. The third-order valence-electron chi connectivity index (χ3n) is 4.09. The van der Waals surface area contributed by atoms with Gasteiger partial charge in [-0.1, -0.05) is 5.92 Å². The van der Waals surface area contributed by atoms with Crippen molar-refractivity contribution in [2.45, 2.75) is 25.3 Å². The lowest BCUT2D eigenvalue weighted by atomic mass is 10.1. The van der Waals surface area contributed by atoms with Crippen molar-refractivity contribution in [3.63, 3.8) is 0 Å². The van der Waals surface area contributed by atoms with Crippen LogP contribution < -0.4 is 5.32 Å². The van der Waals surface area contributed by atoms with Gasteiger partial charge in [0.15, 0.2) is 0 Å². The maximum Gasteiger partial charge on any atom is 0.0598 e. The molecular formula is C15H27N3O. The molecule has 2 saturated heterocycles. The SMILES string of the molecule is C#CCN1CCC(NCCCN2CCOCC2)CC1. The van der Waals surface area contributed by atoms with Crippen LogP contribution in [0.4, 0.5) is 0 Å². The molecule has 0 aromatic carbocycles. The van der Waals surface area contributed by atoms with Gasteiger partial charge in [-0.3, -0.25) is 9.80 Å². The molecule has 19 heavy (non-hydrogen) atoms. The van der Waals surface area contributed by atoms with Gasteiger partial charge in [0.2, 0.25) is 0 Å². The zero-order valence-corrected chi connectivity index (χ0v) is 11.9. The minimum absolute atomic E-state index is 0.693. The second kappa shape index (κ2) is 8.55. The number of hydrogen-bond donors (Lipinski definition) is 1. The summed E-state index contributed by atoms with van der Waals surface area (Å²) >= 11 is 0. The Bertz CT molecular complexity index is 276. The minimum atomic E-state index is 0.693. The molecule has 4 heteroatoms. The van der Waals surface area contributed by atoms with E-state index in [9.17, 15) is 0 Å². The molecule has 0 aromatic rings. The summed E-state index contributed by atoms with van der Waals surface area (Å²) in [6, 6.07) is 0.693. The third kappa shape index (κ3) is 5.50. The molecule has 2 aliphatic rings. The Morgan fingerprint density at radius 2 is 1.84 bits per heavy atom. The van der Waals surface area contributed by atoms with Crippen LogP contribution in [0.15, 0.2) is 0 Å². The van der Waals surface area contributed by atoms with Crippen LogP contribution >= 0.6 is 0 Å². The molecule has 2 fully saturated rings. The van der Waals surface area contributed by atoms with Gasteiger partial charge in [0.1, 0.15) is 0 Å². The fourth-order valence-corrected chi connectivity index (χ4v) is 2.86. The number of morpholine rings is 1. The molecule has 0 bridgehead atoms. The molecule has 2 aliphatic heterocycles. The summed E-state index contributed by atoms with van der Waals surface area (Å²) in [5.41, 5.74) is 0. The summed E-state index contributed by atoms with van der Waals surface area (Å²) in [5, 5.41) is 3.69. The Labute approximate surface area is 117 Å². The summed E-state index contributed by atoms with van der Waals surface area (Å²) in [6.07, 6.45) is 9.05. The molecule has 0 atom stereocenters. The fourth-order valence-electron chi connectivity index (χ4n) is 2.86. The van der Waals surface area contributed by atoms with Crippen LogP contribution in [0.1, 0.15) is 19.3 Å². The molecule has 0 saturated carbocycles. The minimum Gasteiger partial charge on any atom is -0.379 e. The maximum absolute atomic E-state index is 5.36. The second-order valence-corrected chi connectivity index (χ2v) is 5.52. The molecular weight excluding hydrogens is 238 g/mol. The molecule has 1 N–H and O–H groups in total. The van der Waals surface area contributed by atoms with E-state index in [1.807, 2.05) is 0 Å². The predicted molar refractivity (Wildman–Crippen MR) is 78.2 cm³/mol. The van der Waals surface area contributed by atoms with Crippen molar-refractivity contribution in [3.05, 3.63) is 0 Å². The highest BCUT2D eigenvalue weighted by atomic mass is 16.5. The van der Waals surface area contributed by atoms with Crippen molar-refractivity contribution in [2.75, 3.05) is 59.0 Å². The maximum atomic E-state index is 5.36. The van der Waals surface area contributed by atoms with Crippen LogP contribution in [-0.4, -0.2) is 74.9 Å². The number of rotatable bonds is 6. The number of nitrogens with one attached hydrogen (secondary N) is 1. The molecule has 2 heterocycles. The van der Waals surface area contributed by atoms with Gasteiger partial charge >= 0.3 is 0 Å². The van der Waals surface area contributed by atoms with Crippen molar-refractivity contribution < 1.29 is 4.74 Å². The lowest BCUT2D eigenvalue weighted by Crippen LogP contribution is -2.43. The molecule has 108 valence electrons. The first-order valence-electron chi connectivity index (χ1n) is 7.58. The van der Waals surface area contributed by atoms with Crippen molar-refractivity contribution in [1.29, 1.82) is 0 Å². The van der Waals surface area contributed by atoms with E-state index in [-0.39, 0.29) is 0 Å². The molecule has 0 spiro atoms. The van der Waals surface area contributed by atoms with Crippen molar-refractivity contribution >= 4 is 0 Å². The summed E-state index contributed by atoms with van der Waals surface area (Å²) in [5.74, 6) is 2.73. The van der Waals surface area contributed by atoms with E-state index in [0.717, 1.165) is 52.5 Å². The topological polar surface area (TPSA) is 27.7 Å². The van der Waals surface area contributed by atoms with Crippen molar-refractivity contribution in [3.8, 4) is 12.3 Å². The standard InChI is InChI=1S/C15H27N3O/c1-2-7-17-9-4-15(5-10-17)16-6-3-8-18-11-13-19-14-12-18/h1,15-16H,3-14H2. The van der Waals surface area contributed by atoms with Crippen LogP contribution in [-0.2, 0) is 4.74 Å². The normalized spacial score (nSPS) is 23.3. The van der Waals surface area contributed by atoms with Gasteiger partial charge < -0.3 is 10.1 Å². The predicted octanol–water partition coefficient (Wildman–Crippen LogP) is 0.396. The first kappa shape index (κ1) is 14.8. The zero-order valence-electron chi connectivity index (χ0n) is 11.9. The highest BCUT2D eigenvalue weighted by Crippen LogP contribution is 2.09. The van der Waals surface area contributed by atoms with Gasteiger partial charge in [0, 0.05) is 32.2 Å². The molecule has 0 radical (unpaired) electrons. The molecule has 0 amide bonds. The number of piperidine rings is 1. The molecule has 0 aliphatic carbocycles. The number of nitrogens with zero attached hydrogens (tertiary/aromatic N) is 2. The van der Waals surface area contributed by atoms with Crippen LogP contribution in [0.5, 0.6) is 0 Å². The zero-order chi connectivity index (χ0) is 13.3. The van der Waals surface area contributed by atoms with E-state index in [0.29, 0.717) is 6.04 Å². The summed E-state index contributed by atoms with van der Waals surface area (Å²) in [6.45, 7) is 9.45. The Balaban J connectivity index is 1.49. The van der Waals surface area contributed by atoms with Gasteiger partial charge in [-0.15, -0.1) is 6.42 Å². The number of likely N-dealkylation sites (tertiary alicyclic amines) is 1. The van der Waals surface area contributed by atoms with Crippen LogP contribution in [0.2, 0.25) is 0 Å². The molecule has 0 aromatic heterocycles. The lowest BCUT2D eigenvalue weighted by Gasteiger charge is -2.31. The summed E-state index contributed by atoms with van der Waals surface area (Å²) < 4.78 is 5.36. The highest BCUT2D eigenvalue weighted by molar-refractivity contribution is 4.90. The second-order valence-electron chi connectivity index (χ2n) is 5.52. The molecule has 4 nitrogen and oxygen atoms in total. The van der Waals surface area contributed by atoms with E-state index in [4.69, 9.17) is 11.2 Å². The monoisotopic (exact) mass is 265 g/mol. The Morgan fingerprint density at radius 1 is 1.11 bits per heavy atom. The lowest BCUT2D eigenvalue weighted by molar-refractivity contribution is 0.0373. The van der Waals surface area contributed by atoms with Gasteiger partial charge in [-0.25, -0.2) is 0 Å². The van der Waals surface area contributed by atoms with Crippen LogP contribution in [0.25, 0.3) is 0 Å². The average Bonchev–Trinajstić information content (AvgIpc) is 2.47. The summed E-state index contributed by atoms with van der Waals surface area (Å²) in [4.78, 5) is 4.87. The van der Waals surface area contributed by atoms with Crippen LogP contribution in [0, 0.1) is 12.3 Å². The summed E-state index contributed by atoms with van der Waals surface area (Å²) in [7, 11) is 0. The smallest absolute Gasteiger partial charge is 0.0598 e. The van der Waals surface area contributed by atoms with Crippen molar-refractivity contribution in [2.24, 2.45) is 0 Å². The van der Waals surface area contributed by atoms with E-state index in [1.54, 1.807) is 0 Å². The molecule has 2 rings (SSSR count). The van der Waals surface area contributed by atoms with E-state index in [2.05, 4.69) is 21.0 Å². The van der Waals surface area contributed by atoms with Gasteiger partial charge in [0.05, 0.1) is 19.8 Å². The number of hydrogen-bond acceptors (Lipinski definition) is 4. The highest BCUT2D eigenvalue weighted by Gasteiger charge is 2.17. The molecule has 0 unspecified atom stereocenters. The van der Waals surface area contributed by atoms with Crippen molar-refractivity contribution in [1.82, 2.24) is 15.1 Å². The number of ether oxygens (including phenoxy) is 1. The fraction of sp³-hybridized carbons (Fsp3) is 0.867. The van der Waals surface area contributed by atoms with E-state index >= 15 is 0 Å². The average molecular weight is 265 g/mol. The van der Waals surface area contributed by atoms with E-state index in [1.165, 1.54) is 25.8 Å². The quantitative estimate of drug-likeness (QED) is 0.556. The van der Waals surface area contributed by atoms with Gasteiger partial charge in [-0.05, 0) is 32.4 Å². The third-order valence-corrected chi connectivity index (χ3v) is 4.09. The van der Waals surface area contributed by atoms with E-state index < -0.39 is 0 Å². The first-order valence-corrected chi connectivity index (χ1v) is 7.58. The number of terminal acetylenes is 1. The Hall–Kier alpha value is -0.600. The largest absolute Gasteiger partial charge is 0.379 e. The van der Waals surface area contributed by atoms with Gasteiger partial charge in [0.25, 0.3) is 0 Å². The Kier molecular flexibility index (Phi) is 6.66. The van der Waals surface area contributed by atoms with Crippen LogP contribution in [0.3, 0.4) is 0 Å². The van der Waals surface area contributed by atoms with Gasteiger partial charge in [-0.2, -0.15) is 0 Å². The Morgan fingerprint density at radius 3 is 2.53 bits per heavy atom.